The Labute approximate surface area is 240 Å². The van der Waals surface area contributed by atoms with E-state index in [2.05, 4.69) is 59.4 Å². The number of fused-ring (bicyclic) bond motifs is 2. The monoisotopic (exact) mass is 561 g/mol. The molecule has 8 heteroatoms. The number of ether oxygens (including phenoxy) is 2. The van der Waals surface area contributed by atoms with Crippen molar-refractivity contribution < 1.29 is 19.4 Å². The van der Waals surface area contributed by atoms with Crippen LogP contribution in [0.25, 0.3) is 11.3 Å². The molecule has 2 aliphatic heterocycles. The number of carbonyl (C=O) groups is 1. The van der Waals surface area contributed by atoms with Gasteiger partial charge in [0.1, 0.15) is 12.4 Å². The number of aliphatic carboxylic acids is 1. The molecule has 1 aliphatic carbocycles. The second-order valence-corrected chi connectivity index (χ2v) is 12.8. The number of piperidine rings is 1. The van der Waals surface area contributed by atoms with E-state index in [-0.39, 0.29) is 11.8 Å². The van der Waals surface area contributed by atoms with Crippen molar-refractivity contribution in [3.63, 3.8) is 0 Å². The van der Waals surface area contributed by atoms with Crippen LogP contribution in [0.3, 0.4) is 0 Å². The summed E-state index contributed by atoms with van der Waals surface area (Å²) in [5.41, 5.74) is 6.20. The first-order valence-electron chi connectivity index (χ1n) is 14.4. The third kappa shape index (κ3) is 5.24. The van der Waals surface area contributed by atoms with Crippen molar-refractivity contribution in [2.75, 3.05) is 44.3 Å². The van der Waals surface area contributed by atoms with Gasteiger partial charge in [-0.2, -0.15) is 0 Å². The summed E-state index contributed by atoms with van der Waals surface area (Å²) in [6.07, 6.45) is 1.96. The number of hydrogen-bond acceptors (Lipinski definition) is 7. The number of aryl methyl sites for hydroxylation is 2. The molecule has 3 aromatic rings. The molecule has 2 saturated heterocycles. The Morgan fingerprint density at radius 3 is 2.58 bits per heavy atom. The third-order valence-electron chi connectivity index (χ3n) is 9.38. The molecule has 1 aromatic heterocycles. The van der Waals surface area contributed by atoms with E-state index in [0.29, 0.717) is 6.61 Å². The summed E-state index contributed by atoms with van der Waals surface area (Å²) in [6, 6.07) is 13.0. The topological polar surface area (TPSA) is 75.1 Å². The summed E-state index contributed by atoms with van der Waals surface area (Å²) in [5, 5.41) is 13.0. The largest absolute Gasteiger partial charge is 0.488 e. The third-order valence-corrected chi connectivity index (χ3v) is 10.3. The predicted molar refractivity (Wildman–Crippen MR) is 158 cm³/mol. The van der Waals surface area contributed by atoms with Crippen LogP contribution < -0.4 is 9.64 Å². The molecule has 0 radical (unpaired) electrons. The van der Waals surface area contributed by atoms with Crippen molar-refractivity contribution in [2.24, 2.45) is 17.3 Å². The summed E-state index contributed by atoms with van der Waals surface area (Å²) in [6.45, 7) is 12.7. The number of nitrogens with zero attached hydrogens (tertiary/aromatic N) is 3. The van der Waals surface area contributed by atoms with E-state index in [4.69, 9.17) is 14.5 Å². The lowest BCUT2D eigenvalue weighted by molar-refractivity contribution is -0.153. The van der Waals surface area contributed by atoms with E-state index in [1.165, 1.54) is 16.7 Å². The van der Waals surface area contributed by atoms with Gasteiger partial charge in [-0.15, -0.1) is 11.3 Å². The predicted octanol–water partition coefficient (Wildman–Crippen LogP) is 5.78. The van der Waals surface area contributed by atoms with Crippen LogP contribution in [0.1, 0.15) is 42.0 Å². The first-order valence-corrected chi connectivity index (χ1v) is 15.3. The van der Waals surface area contributed by atoms with Gasteiger partial charge in [0.25, 0.3) is 0 Å². The summed E-state index contributed by atoms with van der Waals surface area (Å²) < 4.78 is 11.9. The maximum absolute atomic E-state index is 12.1. The molecule has 1 unspecified atom stereocenters. The SMILES string of the molecule is Cc1ccc(OCc2ccc(CN3CCOCC3)cc2C)c(-c2csc(N3C[C@H]4CC[C@@H](C3)C4(C)C(=O)O)n2)c1. The number of carboxylic acid groups (broad SMARTS) is 1. The summed E-state index contributed by atoms with van der Waals surface area (Å²) >= 11 is 1.64. The average molecular weight is 562 g/mol. The fraction of sp³-hybridized carbons (Fsp3) is 0.500. The van der Waals surface area contributed by atoms with Gasteiger partial charge in [0.2, 0.25) is 0 Å². The maximum Gasteiger partial charge on any atom is 0.310 e. The second-order valence-electron chi connectivity index (χ2n) is 11.9. The summed E-state index contributed by atoms with van der Waals surface area (Å²) in [5.74, 6) is 0.509. The van der Waals surface area contributed by atoms with Crippen LogP contribution >= 0.6 is 11.3 Å². The number of hydrogen-bond donors (Lipinski definition) is 1. The molecule has 3 heterocycles. The fourth-order valence-electron chi connectivity index (χ4n) is 6.70. The number of carboxylic acids is 1. The van der Waals surface area contributed by atoms with Crippen molar-refractivity contribution in [2.45, 2.75) is 46.8 Å². The zero-order valence-corrected chi connectivity index (χ0v) is 24.5. The molecule has 6 rings (SSSR count). The molecule has 3 atom stereocenters. The van der Waals surface area contributed by atoms with Gasteiger partial charge in [-0.05, 0) is 74.3 Å². The minimum Gasteiger partial charge on any atom is -0.488 e. The van der Waals surface area contributed by atoms with Gasteiger partial charge in [0.15, 0.2) is 5.13 Å². The lowest BCUT2D eigenvalue weighted by Gasteiger charge is -2.42. The standard InChI is InChI=1S/C32H39N3O4S/c1-21-4-9-29(39-19-24-6-5-23(15-22(24)2)16-34-10-12-38-13-11-34)27(14-21)28-20-40-31(33-28)35-17-25-7-8-26(18-35)32(25,3)30(36)37/h4-6,9,14-15,20,25-26H,7-8,10-13,16-19H2,1-3H3,(H,36,37)/t25-,26+,32?. The Kier molecular flexibility index (Phi) is 7.59. The number of anilines is 1. The average Bonchev–Trinajstić information content (AvgIpc) is 3.48. The molecular formula is C32H39N3O4S. The molecule has 3 aliphatic rings. The summed E-state index contributed by atoms with van der Waals surface area (Å²) in [4.78, 5) is 21.9. The van der Waals surface area contributed by atoms with Gasteiger partial charge in [0.05, 0.1) is 24.3 Å². The highest BCUT2D eigenvalue weighted by molar-refractivity contribution is 7.14. The Morgan fingerprint density at radius 1 is 1.12 bits per heavy atom. The van der Waals surface area contributed by atoms with E-state index >= 15 is 0 Å². The highest BCUT2D eigenvalue weighted by Crippen LogP contribution is 2.52. The number of thiazole rings is 1. The molecule has 40 heavy (non-hydrogen) atoms. The van der Waals surface area contributed by atoms with Crippen LogP contribution in [-0.2, 0) is 22.7 Å². The Balaban J connectivity index is 1.15. The van der Waals surface area contributed by atoms with Crippen molar-refractivity contribution >= 4 is 22.4 Å². The Hall–Kier alpha value is -2.94. The van der Waals surface area contributed by atoms with Gasteiger partial charge in [-0.3, -0.25) is 9.69 Å². The smallest absolute Gasteiger partial charge is 0.310 e. The molecule has 1 saturated carbocycles. The zero-order chi connectivity index (χ0) is 27.9. The number of aromatic nitrogens is 1. The molecule has 212 valence electrons. The first-order chi connectivity index (χ1) is 19.3. The van der Waals surface area contributed by atoms with Gasteiger partial charge < -0.3 is 19.5 Å². The molecular weight excluding hydrogens is 522 g/mol. The van der Waals surface area contributed by atoms with E-state index < -0.39 is 11.4 Å². The lowest BCUT2D eigenvalue weighted by Crippen LogP contribution is -2.51. The van der Waals surface area contributed by atoms with Crippen LogP contribution in [0.15, 0.2) is 41.8 Å². The highest BCUT2D eigenvalue weighted by atomic mass is 32.1. The molecule has 7 nitrogen and oxygen atoms in total. The van der Waals surface area contributed by atoms with Crippen molar-refractivity contribution in [3.8, 4) is 17.0 Å². The molecule has 2 aromatic carbocycles. The van der Waals surface area contributed by atoms with Crippen LogP contribution in [0, 0.1) is 31.1 Å². The van der Waals surface area contributed by atoms with Gasteiger partial charge in [-0.1, -0.05) is 29.8 Å². The summed E-state index contributed by atoms with van der Waals surface area (Å²) in [7, 11) is 0. The fourth-order valence-corrected chi connectivity index (χ4v) is 7.55. The zero-order valence-electron chi connectivity index (χ0n) is 23.7. The normalized spacial score (nSPS) is 24.8. The minimum atomic E-state index is -0.650. The highest BCUT2D eigenvalue weighted by Gasteiger charge is 2.56. The van der Waals surface area contributed by atoms with Gasteiger partial charge in [-0.25, -0.2) is 4.98 Å². The number of morpholine rings is 1. The van der Waals surface area contributed by atoms with Gasteiger partial charge in [0, 0.05) is 43.7 Å². The maximum atomic E-state index is 12.1. The van der Waals surface area contributed by atoms with Crippen molar-refractivity contribution in [1.29, 1.82) is 0 Å². The number of rotatable bonds is 8. The Morgan fingerprint density at radius 2 is 1.88 bits per heavy atom. The lowest BCUT2D eigenvalue weighted by atomic mass is 9.71. The molecule has 1 N–H and O–H groups in total. The quantitative estimate of drug-likeness (QED) is 0.374. The molecule has 3 fully saturated rings. The minimum absolute atomic E-state index is 0.164. The van der Waals surface area contributed by atoms with Crippen molar-refractivity contribution in [1.82, 2.24) is 9.88 Å². The van der Waals surface area contributed by atoms with Gasteiger partial charge >= 0.3 is 5.97 Å². The Bertz CT molecular complexity index is 1370. The van der Waals surface area contributed by atoms with E-state index in [1.807, 2.05) is 13.0 Å². The number of benzene rings is 2. The van der Waals surface area contributed by atoms with Crippen LogP contribution in [0.2, 0.25) is 0 Å². The first kappa shape index (κ1) is 27.2. The second kappa shape index (κ2) is 11.1. The van der Waals surface area contributed by atoms with E-state index in [0.717, 1.165) is 86.5 Å². The van der Waals surface area contributed by atoms with E-state index in [1.54, 1.807) is 11.3 Å². The molecule has 0 spiro atoms. The van der Waals surface area contributed by atoms with Crippen molar-refractivity contribution in [3.05, 3.63) is 64.0 Å². The molecule has 0 amide bonds. The van der Waals surface area contributed by atoms with Crippen LogP contribution in [0.5, 0.6) is 5.75 Å². The van der Waals surface area contributed by atoms with E-state index in [9.17, 15) is 9.90 Å². The molecule has 2 bridgehead atoms. The van der Waals surface area contributed by atoms with Crippen LogP contribution in [0.4, 0.5) is 5.13 Å². The van der Waals surface area contributed by atoms with Crippen LogP contribution in [-0.4, -0.2) is 60.4 Å².